The monoisotopic (exact) mass is 381 g/mol. The van der Waals surface area contributed by atoms with Crippen molar-refractivity contribution in [2.45, 2.75) is 0 Å². The van der Waals surface area contributed by atoms with Gasteiger partial charge in [-0.2, -0.15) is 0 Å². The summed E-state index contributed by atoms with van der Waals surface area (Å²) in [6.45, 7) is 0. The lowest BCUT2D eigenvalue weighted by Crippen LogP contribution is -2.15. The number of nitrogens with zero attached hydrogens (tertiary/aromatic N) is 1. The molecule has 2 N–H and O–H groups in total. The molecule has 0 aliphatic carbocycles. The summed E-state index contributed by atoms with van der Waals surface area (Å²) in [6.07, 6.45) is 3.14. The van der Waals surface area contributed by atoms with Gasteiger partial charge in [0.1, 0.15) is 5.75 Å². The van der Waals surface area contributed by atoms with Crippen molar-refractivity contribution in [3.63, 3.8) is 0 Å². The zero-order chi connectivity index (χ0) is 19.2. The Bertz CT molecular complexity index is 977. The fourth-order valence-electron chi connectivity index (χ4n) is 2.38. The van der Waals surface area contributed by atoms with Crippen molar-refractivity contribution in [3.05, 3.63) is 83.1 Å². The Labute approximate surface area is 161 Å². The van der Waals surface area contributed by atoms with Crippen molar-refractivity contribution in [1.29, 1.82) is 0 Å². The highest BCUT2D eigenvalue weighted by Gasteiger charge is 2.14. The van der Waals surface area contributed by atoms with Crippen LogP contribution in [-0.2, 0) is 0 Å². The van der Waals surface area contributed by atoms with Crippen molar-refractivity contribution in [2.24, 2.45) is 0 Å². The maximum atomic E-state index is 12.5. The molecule has 0 aliphatic rings. The van der Waals surface area contributed by atoms with E-state index >= 15 is 0 Å². The maximum absolute atomic E-state index is 12.5. The number of amides is 2. The molecule has 0 atom stereocenters. The largest absolute Gasteiger partial charge is 0.497 e. The standard InChI is InChI=1S/C20H16ClN3O3/c1-27-16-6-2-4-13(10-16)19(25)23-14-7-8-18(21)17(11-14)20(26)24-15-5-3-9-22-12-15/h2-12H,1H3,(H,23,25)(H,24,26). The van der Waals surface area contributed by atoms with E-state index in [1.54, 1.807) is 54.7 Å². The van der Waals surface area contributed by atoms with Crippen molar-refractivity contribution in [3.8, 4) is 5.75 Å². The van der Waals surface area contributed by atoms with Gasteiger partial charge in [-0.1, -0.05) is 17.7 Å². The highest BCUT2D eigenvalue weighted by Crippen LogP contribution is 2.23. The summed E-state index contributed by atoms with van der Waals surface area (Å²) in [5, 5.41) is 5.74. The molecule has 0 bridgehead atoms. The summed E-state index contributed by atoms with van der Waals surface area (Å²) < 4.78 is 5.12. The van der Waals surface area contributed by atoms with Crippen LogP contribution in [0.1, 0.15) is 20.7 Å². The molecule has 6 nitrogen and oxygen atoms in total. The van der Waals surface area contributed by atoms with Gasteiger partial charge in [-0.15, -0.1) is 0 Å². The lowest BCUT2D eigenvalue weighted by molar-refractivity contribution is 0.101. The fourth-order valence-corrected chi connectivity index (χ4v) is 2.58. The lowest BCUT2D eigenvalue weighted by Gasteiger charge is -2.10. The summed E-state index contributed by atoms with van der Waals surface area (Å²) >= 11 is 6.14. The van der Waals surface area contributed by atoms with Crippen molar-refractivity contribution in [1.82, 2.24) is 4.98 Å². The predicted molar refractivity (Wildman–Crippen MR) is 105 cm³/mol. The van der Waals surface area contributed by atoms with Gasteiger partial charge in [0.2, 0.25) is 0 Å². The first-order valence-corrected chi connectivity index (χ1v) is 8.41. The minimum atomic E-state index is -0.398. The van der Waals surface area contributed by atoms with Crippen LogP contribution in [0.25, 0.3) is 0 Å². The van der Waals surface area contributed by atoms with Crippen LogP contribution in [0.3, 0.4) is 0 Å². The van der Waals surface area contributed by atoms with Crippen LogP contribution in [0.2, 0.25) is 5.02 Å². The number of methoxy groups -OCH3 is 1. The Balaban J connectivity index is 1.78. The summed E-state index contributed by atoms with van der Waals surface area (Å²) in [6, 6.07) is 14.9. The molecule has 0 aliphatic heterocycles. The van der Waals surface area contributed by atoms with E-state index in [1.807, 2.05) is 0 Å². The van der Waals surface area contributed by atoms with Crippen LogP contribution in [-0.4, -0.2) is 23.9 Å². The van der Waals surface area contributed by atoms with Gasteiger partial charge in [0, 0.05) is 17.4 Å². The number of benzene rings is 2. The molecular weight excluding hydrogens is 366 g/mol. The number of pyridine rings is 1. The Morgan fingerprint density at radius 2 is 1.78 bits per heavy atom. The van der Waals surface area contributed by atoms with Crippen molar-refractivity contribution in [2.75, 3.05) is 17.7 Å². The molecule has 2 amide bonds. The first-order chi connectivity index (χ1) is 13.1. The Kier molecular flexibility index (Phi) is 5.68. The van der Waals surface area contributed by atoms with Gasteiger partial charge in [-0.3, -0.25) is 14.6 Å². The Morgan fingerprint density at radius 3 is 2.52 bits per heavy atom. The number of ether oxygens (including phenoxy) is 1. The normalized spacial score (nSPS) is 10.1. The Morgan fingerprint density at radius 1 is 0.963 bits per heavy atom. The zero-order valence-corrected chi connectivity index (χ0v) is 15.2. The molecule has 1 heterocycles. The zero-order valence-electron chi connectivity index (χ0n) is 14.4. The van der Waals surface area contributed by atoms with Gasteiger partial charge < -0.3 is 15.4 Å². The number of nitrogens with one attached hydrogen (secondary N) is 2. The lowest BCUT2D eigenvalue weighted by atomic mass is 10.1. The molecule has 0 saturated heterocycles. The number of hydrogen-bond donors (Lipinski definition) is 2. The predicted octanol–water partition coefficient (Wildman–Crippen LogP) is 4.25. The van der Waals surface area contributed by atoms with Crippen molar-refractivity contribution < 1.29 is 14.3 Å². The summed E-state index contributed by atoms with van der Waals surface area (Å²) in [5.74, 6) is -0.143. The molecular formula is C20H16ClN3O3. The second-order valence-electron chi connectivity index (χ2n) is 5.58. The van der Waals surface area contributed by atoms with Gasteiger partial charge in [0.25, 0.3) is 11.8 Å². The fraction of sp³-hybridized carbons (Fsp3) is 0.0500. The number of rotatable bonds is 5. The number of anilines is 2. The van der Waals surface area contributed by atoms with Gasteiger partial charge in [0.05, 0.1) is 29.6 Å². The van der Waals surface area contributed by atoms with E-state index in [2.05, 4.69) is 15.6 Å². The third-order valence-electron chi connectivity index (χ3n) is 3.72. The molecule has 3 rings (SSSR count). The molecule has 0 fully saturated rings. The van der Waals surface area contributed by atoms with Crippen LogP contribution in [0.5, 0.6) is 5.75 Å². The molecule has 27 heavy (non-hydrogen) atoms. The SMILES string of the molecule is COc1cccc(C(=O)Nc2ccc(Cl)c(C(=O)Nc3cccnc3)c2)c1. The Hall–Kier alpha value is -3.38. The second-order valence-corrected chi connectivity index (χ2v) is 5.98. The highest BCUT2D eigenvalue weighted by molar-refractivity contribution is 6.34. The summed E-state index contributed by atoms with van der Waals surface area (Å²) in [7, 11) is 1.53. The van der Waals surface area contributed by atoms with E-state index in [-0.39, 0.29) is 16.5 Å². The first-order valence-electron chi connectivity index (χ1n) is 8.03. The van der Waals surface area contributed by atoms with Crippen LogP contribution in [0.15, 0.2) is 67.0 Å². The molecule has 2 aromatic carbocycles. The van der Waals surface area contributed by atoms with Crippen LogP contribution in [0.4, 0.5) is 11.4 Å². The van der Waals surface area contributed by atoms with Gasteiger partial charge in [0.15, 0.2) is 0 Å². The van der Waals surface area contributed by atoms with Gasteiger partial charge >= 0.3 is 0 Å². The minimum Gasteiger partial charge on any atom is -0.497 e. The maximum Gasteiger partial charge on any atom is 0.257 e. The number of carbonyl (C=O) groups excluding carboxylic acids is 2. The third-order valence-corrected chi connectivity index (χ3v) is 4.05. The molecule has 0 radical (unpaired) electrons. The molecule has 0 unspecified atom stereocenters. The van der Waals surface area contributed by atoms with E-state index in [0.29, 0.717) is 22.7 Å². The smallest absolute Gasteiger partial charge is 0.257 e. The van der Waals surface area contributed by atoms with Crippen molar-refractivity contribution >= 4 is 34.8 Å². The van der Waals surface area contributed by atoms with E-state index in [0.717, 1.165) is 0 Å². The van der Waals surface area contributed by atoms with E-state index in [9.17, 15) is 9.59 Å². The van der Waals surface area contributed by atoms with Crippen LogP contribution < -0.4 is 15.4 Å². The van der Waals surface area contributed by atoms with E-state index < -0.39 is 5.91 Å². The van der Waals surface area contributed by atoms with Crippen LogP contribution in [0, 0.1) is 0 Å². The number of halogens is 1. The quantitative estimate of drug-likeness (QED) is 0.692. The molecule has 136 valence electrons. The third kappa shape index (κ3) is 4.62. The average molecular weight is 382 g/mol. The average Bonchev–Trinajstić information content (AvgIpc) is 2.70. The molecule has 3 aromatic rings. The molecule has 0 saturated carbocycles. The number of aromatic nitrogens is 1. The minimum absolute atomic E-state index is 0.240. The summed E-state index contributed by atoms with van der Waals surface area (Å²) in [4.78, 5) is 28.8. The van der Waals surface area contributed by atoms with Gasteiger partial charge in [-0.25, -0.2) is 0 Å². The number of hydrogen-bond acceptors (Lipinski definition) is 4. The van der Waals surface area contributed by atoms with Gasteiger partial charge in [-0.05, 0) is 48.5 Å². The first kappa shape index (κ1) is 18.4. The second kappa shape index (κ2) is 8.33. The highest BCUT2D eigenvalue weighted by atomic mass is 35.5. The molecule has 1 aromatic heterocycles. The van der Waals surface area contributed by atoms with E-state index in [4.69, 9.17) is 16.3 Å². The number of carbonyl (C=O) groups is 2. The topological polar surface area (TPSA) is 80.3 Å². The van der Waals surface area contributed by atoms with E-state index in [1.165, 1.54) is 19.4 Å². The van der Waals surface area contributed by atoms with Crippen LogP contribution >= 0.6 is 11.6 Å². The summed E-state index contributed by atoms with van der Waals surface area (Å²) in [5.41, 5.74) is 1.67. The molecule has 0 spiro atoms. The molecule has 7 heteroatoms.